The first-order valence-corrected chi connectivity index (χ1v) is 9.46. The minimum absolute atomic E-state index is 0.0869. The van der Waals surface area contributed by atoms with Gasteiger partial charge in [0.2, 0.25) is 0 Å². The van der Waals surface area contributed by atoms with Gasteiger partial charge in [-0.15, -0.1) is 0 Å². The Balaban J connectivity index is 1.88. The van der Waals surface area contributed by atoms with Crippen LogP contribution in [-0.2, 0) is 11.3 Å². The van der Waals surface area contributed by atoms with E-state index in [2.05, 4.69) is 22.3 Å². The Morgan fingerprint density at radius 3 is 2.50 bits per heavy atom. The molecule has 1 aromatic rings. The predicted molar refractivity (Wildman–Crippen MR) is 105 cm³/mol. The van der Waals surface area contributed by atoms with E-state index in [1.54, 1.807) is 7.05 Å². The number of guanidine groups is 1. The molecule has 0 aromatic heterocycles. The molecule has 0 aliphatic carbocycles. The van der Waals surface area contributed by atoms with Crippen LogP contribution in [0.5, 0.6) is 0 Å². The molecule has 2 rings (SSSR count). The summed E-state index contributed by atoms with van der Waals surface area (Å²) in [6, 6.07) is 7.81. The lowest BCUT2D eigenvalue weighted by molar-refractivity contribution is 0.0773. The Hall–Kier alpha value is -2.08. The van der Waals surface area contributed by atoms with E-state index in [1.165, 1.54) is 0 Å². The molecule has 1 amide bonds. The van der Waals surface area contributed by atoms with Crippen molar-refractivity contribution >= 4 is 11.9 Å². The second-order valence-corrected chi connectivity index (χ2v) is 6.69. The highest BCUT2D eigenvalue weighted by Crippen LogP contribution is 2.13. The number of carbonyl (C=O) groups excluding carboxylic acids is 1. The number of nitrogens with one attached hydrogen (secondary N) is 1. The molecule has 1 heterocycles. The Bertz CT molecular complexity index is 590. The Morgan fingerprint density at radius 1 is 1.27 bits per heavy atom. The summed E-state index contributed by atoms with van der Waals surface area (Å²) >= 11 is 0. The highest BCUT2D eigenvalue weighted by molar-refractivity contribution is 5.94. The van der Waals surface area contributed by atoms with E-state index < -0.39 is 0 Å². The first kappa shape index (κ1) is 20.2. The van der Waals surface area contributed by atoms with Gasteiger partial charge in [0, 0.05) is 58.4 Å². The van der Waals surface area contributed by atoms with Gasteiger partial charge >= 0.3 is 0 Å². The summed E-state index contributed by atoms with van der Waals surface area (Å²) in [5.74, 6) is 1.54. The van der Waals surface area contributed by atoms with Crippen LogP contribution in [0.3, 0.4) is 0 Å². The molecule has 0 bridgehead atoms. The molecule has 0 radical (unpaired) electrons. The summed E-state index contributed by atoms with van der Waals surface area (Å²) in [5, 5.41) is 3.39. The lowest BCUT2D eigenvalue weighted by Gasteiger charge is -2.24. The van der Waals surface area contributed by atoms with Crippen LogP contribution in [-0.4, -0.2) is 68.6 Å². The van der Waals surface area contributed by atoms with Crippen molar-refractivity contribution in [3.63, 3.8) is 0 Å². The molecule has 26 heavy (non-hydrogen) atoms. The predicted octanol–water partition coefficient (Wildman–Crippen LogP) is 2.21. The van der Waals surface area contributed by atoms with Crippen LogP contribution in [0.4, 0.5) is 0 Å². The number of nitrogens with zero attached hydrogens (tertiary/aromatic N) is 3. The van der Waals surface area contributed by atoms with Crippen molar-refractivity contribution in [2.45, 2.75) is 26.8 Å². The summed E-state index contributed by atoms with van der Waals surface area (Å²) in [7, 11) is 3.86. The van der Waals surface area contributed by atoms with Crippen molar-refractivity contribution in [1.29, 1.82) is 0 Å². The van der Waals surface area contributed by atoms with Gasteiger partial charge in [-0.2, -0.15) is 0 Å². The maximum Gasteiger partial charge on any atom is 0.253 e. The van der Waals surface area contributed by atoms with E-state index >= 15 is 0 Å². The quantitative estimate of drug-likeness (QED) is 0.598. The fourth-order valence-corrected chi connectivity index (χ4v) is 3.23. The monoisotopic (exact) mass is 360 g/mol. The zero-order chi connectivity index (χ0) is 18.9. The molecule has 144 valence electrons. The fourth-order valence-electron chi connectivity index (χ4n) is 3.23. The number of benzene rings is 1. The Morgan fingerprint density at radius 2 is 1.96 bits per heavy atom. The van der Waals surface area contributed by atoms with Gasteiger partial charge in [-0.05, 0) is 38.0 Å². The highest BCUT2D eigenvalue weighted by Gasteiger charge is 2.19. The van der Waals surface area contributed by atoms with Gasteiger partial charge in [0.25, 0.3) is 5.91 Å². The molecule has 1 aliphatic rings. The molecular formula is C20H32N4O2. The fraction of sp³-hybridized carbons (Fsp3) is 0.600. The van der Waals surface area contributed by atoms with E-state index in [0.717, 1.165) is 56.4 Å². The first-order chi connectivity index (χ1) is 12.6. The second-order valence-electron chi connectivity index (χ2n) is 6.69. The lowest BCUT2D eigenvalue weighted by atomic mass is 10.1. The Kier molecular flexibility index (Phi) is 7.91. The topological polar surface area (TPSA) is 57.2 Å². The SMILES string of the molecule is CCN(CC)C(=O)c1ccc(CNC(=NC)N(C)CC2CCOC2)cc1. The van der Waals surface area contributed by atoms with E-state index in [4.69, 9.17) is 4.74 Å². The van der Waals surface area contributed by atoms with E-state index in [-0.39, 0.29) is 5.91 Å². The van der Waals surface area contributed by atoms with Crippen molar-refractivity contribution < 1.29 is 9.53 Å². The van der Waals surface area contributed by atoms with Crippen molar-refractivity contribution in [3.8, 4) is 0 Å². The smallest absolute Gasteiger partial charge is 0.253 e. The molecule has 0 saturated carbocycles. The van der Waals surface area contributed by atoms with E-state index in [0.29, 0.717) is 12.5 Å². The van der Waals surface area contributed by atoms with Gasteiger partial charge in [0.15, 0.2) is 5.96 Å². The summed E-state index contributed by atoms with van der Waals surface area (Å²) in [6.07, 6.45) is 1.11. The molecule has 1 atom stereocenters. The molecule has 0 spiro atoms. The normalized spacial score (nSPS) is 17.2. The van der Waals surface area contributed by atoms with Crippen molar-refractivity contribution in [1.82, 2.24) is 15.1 Å². The average molecular weight is 361 g/mol. The highest BCUT2D eigenvalue weighted by atomic mass is 16.5. The number of hydrogen-bond acceptors (Lipinski definition) is 3. The molecule has 6 heteroatoms. The number of aliphatic imine (C=N–C) groups is 1. The summed E-state index contributed by atoms with van der Waals surface area (Å²) in [6.45, 7) is 8.78. The standard InChI is InChI=1S/C20H32N4O2/c1-5-24(6-2)19(25)18-9-7-16(8-10-18)13-22-20(21-3)23(4)14-17-11-12-26-15-17/h7-10,17H,5-6,11-15H2,1-4H3,(H,21,22). The van der Waals surface area contributed by atoms with E-state index in [1.807, 2.05) is 43.0 Å². The molecule has 1 fully saturated rings. The summed E-state index contributed by atoms with van der Waals surface area (Å²) in [4.78, 5) is 20.7. The number of amides is 1. The third-order valence-corrected chi connectivity index (χ3v) is 4.83. The molecule has 1 aromatic carbocycles. The lowest BCUT2D eigenvalue weighted by Crippen LogP contribution is -2.41. The zero-order valence-corrected chi connectivity index (χ0v) is 16.5. The number of rotatable bonds is 7. The molecule has 1 saturated heterocycles. The van der Waals surface area contributed by atoms with Crippen LogP contribution in [0, 0.1) is 5.92 Å². The second kappa shape index (κ2) is 10.2. The summed E-state index contributed by atoms with van der Waals surface area (Å²) < 4.78 is 5.45. The van der Waals surface area contributed by atoms with Crippen LogP contribution < -0.4 is 5.32 Å². The van der Waals surface area contributed by atoms with Crippen LogP contribution >= 0.6 is 0 Å². The van der Waals surface area contributed by atoms with Crippen molar-refractivity contribution in [2.75, 3.05) is 46.9 Å². The van der Waals surface area contributed by atoms with Crippen LogP contribution in [0.15, 0.2) is 29.3 Å². The number of hydrogen-bond donors (Lipinski definition) is 1. The number of ether oxygens (including phenoxy) is 1. The zero-order valence-electron chi connectivity index (χ0n) is 16.5. The van der Waals surface area contributed by atoms with E-state index in [9.17, 15) is 4.79 Å². The molecule has 6 nitrogen and oxygen atoms in total. The summed E-state index contributed by atoms with van der Waals surface area (Å²) in [5.41, 5.74) is 1.86. The van der Waals surface area contributed by atoms with Crippen molar-refractivity contribution in [2.24, 2.45) is 10.9 Å². The maximum absolute atomic E-state index is 12.4. The van der Waals surface area contributed by atoms with Gasteiger partial charge in [0.1, 0.15) is 0 Å². The van der Waals surface area contributed by atoms with Crippen LogP contribution in [0.1, 0.15) is 36.2 Å². The van der Waals surface area contributed by atoms with Gasteiger partial charge in [-0.25, -0.2) is 0 Å². The van der Waals surface area contributed by atoms with Gasteiger partial charge < -0.3 is 19.9 Å². The van der Waals surface area contributed by atoms with Crippen molar-refractivity contribution in [3.05, 3.63) is 35.4 Å². The minimum Gasteiger partial charge on any atom is -0.381 e. The van der Waals surface area contributed by atoms with Gasteiger partial charge in [-0.1, -0.05) is 12.1 Å². The van der Waals surface area contributed by atoms with Crippen LogP contribution in [0.2, 0.25) is 0 Å². The Labute approximate surface area is 157 Å². The largest absolute Gasteiger partial charge is 0.381 e. The van der Waals surface area contributed by atoms with Gasteiger partial charge in [0.05, 0.1) is 6.61 Å². The van der Waals surface area contributed by atoms with Gasteiger partial charge in [-0.3, -0.25) is 9.79 Å². The molecular weight excluding hydrogens is 328 g/mol. The molecule has 1 unspecified atom stereocenters. The first-order valence-electron chi connectivity index (χ1n) is 9.46. The average Bonchev–Trinajstić information content (AvgIpc) is 3.16. The molecule has 1 aliphatic heterocycles. The number of carbonyl (C=O) groups is 1. The van der Waals surface area contributed by atoms with Crippen LogP contribution in [0.25, 0.3) is 0 Å². The molecule has 1 N–H and O–H groups in total. The maximum atomic E-state index is 12.4. The third-order valence-electron chi connectivity index (χ3n) is 4.83. The third kappa shape index (κ3) is 5.46. The minimum atomic E-state index is 0.0869.